The maximum atomic E-state index is 12.4. The number of hydrogen-bond acceptors (Lipinski definition) is 5. The van der Waals surface area contributed by atoms with Crippen LogP contribution in [0.3, 0.4) is 0 Å². The van der Waals surface area contributed by atoms with Crippen molar-refractivity contribution in [3.05, 3.63) is 71.4 Å². The second-order valence-corrected chi connectivity index (χ2v) is 6.42. The third kappa shape index (κ3) is 3.20. The lowest BCUT2D eigenvalue weighted by atomic mass is 10.1. The average Bonchev–Trinajstić information content (AvgIpc) is 3.11. The Morgan fingerprint density at radius 1 is 1.15 bits per heavy atom. The van der Waals surface area contributed by atoms with Crippen LogP contribution in [-0.2, 0) is 0 Å². The van der Waals surface area contributed by atoms with Crippen LogP contribution in [0.5, 0.6) is 0 Å². The smallest absolute Gasteiger partial charge is 0.256 e. The Bertz CT molecular complexity index is 1150. The molecule has 0 spiro atoms. The Kier molecular flexibility index (Phi) is 4.21. The van der Waals surface area contributed by atoms with Crippen molar-refractivity contribution in [1.82, 2.24) is 19.4 Å². The quantitative estimate of drug-likeness (QED) is 0.567. The zero-order valence-electron chi connectivity index (χ0n) is 14.3. The summed E-state index contributed by atoms with van der Waals surface area (Å²) in [5.74, 6) is 0.607. The number of benzene rings is 1. The zero-order valence-corrected chi connectivity index (χ0v) is 15.1. The highest BCUT2D eigenvalue weighted by atomic mass is 35.5. The van der Waals surface area contributed by atoms with Crippen LogP contribution in [0.4, 0.5) is 11.6 Å². The van der Waals surface area contributed by atoms with Crippen molar-refractivity contribution in [1.29, 1.82) is 0 Å². The molecule has 27 heavy (non-hydrogen) atoms. The normalized spacial score (nSPS) is 10.9. The van der Waals surface area contributed by atoms with Crippen LogP contribution in [0.25, 0.3) is 16.8 Å². The molecular formula is C19H15ClN6O. The van der Waals surface area contributed by atoms with Gasteiger partial charge in [-0.05, 0) is 36.8 Å². The number of hydrogen-bond donors (Lipinski definition) is 2. The van der Waals surface area contributed by atoms with Crippen LogP contribution < -0.4 is 11.1 Å². The molecule has 8 heteroatoms. The number of nitrogens with one attached hydrogen (secondary N) is 1. The molecule has 3 N–H and O–H groups in total. The average molecular weight is 379 g/mol. The Balaban J connectivity index is 1.63. The van der Waals surface area contributed by atoms with Gasteiger partial charge in [0.05, 0.1) is 11.9 Å². The fraction of sp³-hybridized carbons (Fsp3) is 0.0526. The maximum Gasteiger partial charge on any atom is 0.256 e. The van der Waals surface area contributed by atoms with E-state index in [-0.39, 0.29) is 5.91 Å². The van der Waals surface area contributed by atoms with Crippen LogP contribution in [0, 0.1) is 6.92 Å². The monoisotopic (exact) mass is 378 g/mol. The van der Waals surface area contributed by atoms with Gasteiger partial charge in [-0.15, -0.1) is 0 Å². The number of nitrogen functional groups attached to an aromatic ring is 1. The molecule has 3 heterocycles. The molecule has 4 rings (SSSR count). The molecule has 1 amide bonds. The second kappa shape index (κ2) is 6.69. The molecule has 0 fully saturated rings. The van der Waals surface area contributed by atoms with Crippen LogP contribution in [0.2, 0.25) is 5.15 Å². The van der Waals surface area contributed by atoms with E-state index in [1.807, 2.05) is 19.1 Å². The van der Waals surface area contributed by atoms with Gasteiger partial charge in [0.2, 0.25) is 0 Å². The number of amides is 1. The van der Waals surface area contributed by atoms with Gasteiger partial charge in [-0.1, -0.05) is 23.7 Å². The number of aromatic nitrogens is 4. The van der Waals surface area contributed by atoms with E-state index in [0.29, 0.717) is 33.6 Å². The van der Waals surface area contributed by atoms with E-state index in [4.69, 9.17) is 17.3 Å². The summed E-state index contributed by atoms with van der Waals surface area (Å²) in [6.45, 7) is 1.94. The molecule has 0 bridgehead atoms. The highest BCUT2D eigenvalue weighted by Crippen LogP contribution is 2.28. The molecule has 0 aliphatic rings. The topological polar surface area (TPSA) is 98.2 Å². The predicted molar refractivity (Wildman–Crippen MR) is 105 cm³/mol. The van der Waals surface area contributed by atoms with Gasteiger partial charge >= 0.3 is 0 Å². The number of carbonyl (C=O) groups is 1. The Labute approximate surface area is 159 Å². The Morgan fingerprint density at radius 3 is 2.67 bits per heavy atom. The molecule has 0 unspecified atom stereocenters. The Morgan fingerprint density at radius 2 is 1.93 bits per heavy atom. The van der Waals surface area contributed by atoms with Crippen LogP contribution in [0.15, 0.2) is 55.1 Å². The molecule has 0 aliphatic heterocycles. The van der Waals surface area contributed by atoms with Gasteiger partial charge in [0.15, 0.2) is 0 Å². The van der Waals surface area contributed by atoms with Gasteiger partial charge < -0.3 is 11.1 Å². The summed E-state index contributed by atoms with van der Waals surface area (Å²) >= 11 is 6.13. The molecular weight excluding hydrogens is 364 g/mol. The number of imidazole rings is 1. The SMILES string of the molecule is Cc1ccnc(NC(=O)c2ccc(-c3ncn4c(Cl)cnc(N)c34)cc2)c1. The van der Waals surface area contributed by atoms with Gasteiger partial charge in [-0.25, -0.2) is 15.0 Å². The number of nitrogens with two attached hydrogens (primary N) is 1. The van der Waals surface area contributed by atoms with Gasteiger partial charge in [-0.3, -0.25) is 9.20 Å². The molecule has 1 aromatic carbocycles. The molecule has 134 valence electrons. The number of carbonyl (C=O) groups excluding carboxylic acids is 1. The first-order valence-electron chi connectivity index (χ1n) is 8.14. The molecule has 7 nitrogen and oxygen atoms in total. The molecule has 0 atom stereocenters. The summed E-state index contributed by atoms with van der Waals surface area (Å²) in [5.41, 5.74) is 9.59. The van der Waals surface area contributed by atoms with Crippen molar-refractivity contribution in [2.75, 3.05) is 11.1 Å². The van der Waals surface area contributed by atoms with E-state index >= 15 is 0 Å². The first-order valence-corrected chi connectivity index (χ1v) is 8.52. The fourth-order valence-electron chi connectivity index (χ4n) is 2.79. The fourth-order valence-corrected chi connectivity index (χ4v) is 2.96. The summed E-state index contributed by atoms with van der Waals surface area (Å²) in [6.07, 6.45) is 4.72. The molecule has 0 saturated heterocycles. The van der Waals surface area contributed by atoms with E-state index in [1.54, 1.807) is 41.2 Å². The minimum absolute atomic E-state index is 0.237. The number of fused-ring (bicyclic) bond motifs is 1. The molecule has 0 radical (unpaired) electrons. The number of aryl methyl sites for hydroxylation is 1. The van der Waals surface area contributed by atoms with Crippen LogP contribution in [0.1, 0.15) is 15.9 Å². The lowest BCUT2D eigenvalue weighted by Crippen LogP contribution is -2.12. The van der Waals surface area contributed by atoms with E-state index in [0.717, 1.165) is 11.1 Å². The van der Waals surface area contributed by atoms with Crippen molar-refractivity contribution in [3.8, 4) is 11.3 Å². The van der Waals surface area contributed by atoms with Crippen molar-refractivity contribution in [2.45, 2.75) is 6.92 Å². The summed E-state index contributed by atoms with van der Waals surface area (Å²) in [5, 5.41) is 3.20. The molecule has 0 aliphatic carbocycles. The first-order chi connectivity index (χ1) is 13.0. The second-order valence-electron chi connectivity index (χ2n) is 6.03. The number of anilines is 2. The Hall–Kier alpha value is -3.45. The largest absolute Gasteiger partial charge is 0.382 e. The summed E-state index contributed by atoms with van der Waals surface area (Å²) in [4.78, 5) is 25.0. The van der Waals surface area contributed by atoms with Gasteiger partial charge in [0.1, 0.15) is 28.6 Å². The first kappa shape index (κ1) is 17.0. The van der Waals surface area contributed by atoms with Gasteiger partial charge in [-0.2, -0.15) is 0 Å². The molecule has 4 aromatic rings. The number of rotatable bonds is 3. The van der Waals surface area contributed by atoms with Crippen LogP contribution in [-0.4, -0.2) is 25.3 Å². The van der Waals surface area contributed by atoms with E-state index in [2.05, 4.69) is 20.3 Å². The highest BCUT2D eigenvalue weighted by molar-refractivity contribution is 6.29. The molecule has 0 saturated carbocycles. The standard InChI is InChI=1S/C19H15ClN6O/c1-11-6-7-22-15(8-11)25-19(27)13-4-2-12(3-5-13)16-17-18(21)23-9-14(20)26(17)10-24-16/h2-10H,1H3,(H2,21,23)(H,22,25,27). The highest BCUT2D eigenvalue weighted by Gasteiger charge is 2.14. The van der Waals surface area contributed by atoms with Crippen LogP contribution >= 0.6 is 11.6 Å². The van der Waals surface area contributed by atoms with Crippen molar-refractivity contribution in [2.24, 2.45) is 0 Å². The lowest BCUT2D eigenvalue weighted by Gasteiger charge is -2.06. The maximum absolute atomic E-state index is 12.4. The summed E-state index contributed by atoms with van der Waals surface area (Å²) in [7, 11) is 0. The number of pyridine rings is 1. The van der Waals surface area contributed by atoms with Crippen molar-refractivity contribution in [3.63, 3.8) is 0 Å². The lowest BCUT2D eigenvalue weighted by molar-refractivity contribution is 0.102. The number of halogens is 1. The van der Waals surface area contributed by atoms with Crippen molar-refractivity contribution >= 4 is 34.7 Å². The van der Waals surface area contributed by atoms with Gasteiger partial charge in [0, 0.05) is 17.3 Å². The predicted octanol–water partition coefficient (Wildman–Crippen LogP) is 3.59. The minimum Gasteiger partial charge on any atom is -0.382 e. The summed E-state index contributed by atoms with van der Waals surface area (Å²) < 4.78 is 1.67. The zero-order chi connectivity index (χ0) is 19.0. The third-order valence-corrected chi connectivity index (χ3v) is 4.41. The van der Waals surface area contributed by atoms with E-state index < -0.39 is 0 Å². The summed E-state index contributed by atoms with van der Waals surface area (Å²) in [6, 6.07) is 10.7. The third-order valence-electron chi connectivity index (χ3n) is 4.13. The van der Waals surface area contributed by atoms with Gasteiger partial charge in [0.25, 0.3) is 5.91 Å². The number of nitrogens with zero attached hydrogens (tertiary/aromatic N) is 4. The molecule has 3 aromatic heterocycles. The van der Waals surface area contributed by atoms with E-state index in [9.17, 15) is 4.79 Å². The van der Waals surface area contributed by atoms with Crippen molar-refractivity contribution < 1.29 is 4.79 Å². The van der Waals surface area contributed by atoms with E-state index in [1.165, 1.54) is 6.20 Å². The minimum atomic E-state index is -0.237.